The molecule has 0 spiro atoms. The molecule has 5 aromatic carbocycles. The van der Waals surface area contributed by atoms with Gasteiger partial charge < -0.3 is 4.42 Å². The van der Waals surface area contributed by atoms with Gasteiger partial charge in [-0.15, -0.1) is 0 Å². The zero-order valence-corrected chi connectivity index (χ0v) is 25.1. The summed E-state index contributed by atoms with van der Waals surface area (Å²) in [6.07, 6.45) is 1.92. The zero-order chi connectivity index (χ0) is 31.2. The summed E-state index contributed by atoms with van der Waals surface area (Å²) < 4.78 is 6.07. The second-order valence-corrected chi connectivity index (χ2v) is 11.3. The molecular formula is C41H25N5O. The van der Waals surface area contributed by atoms with Crippen LogP contribution in [0, 0.1) is 0 Å². The van der Waals surface area contributed by atoms with Crippen LogP contribution in [-0.4, -0.2) is 24.9 Å². The minimum Gasteiger partial charge on any atom is -0.454 e. The highest BCUT2D eigenvalue weighted by molar-refractivity contribution is 6.05. The van der Waals surface area contributed by atoms with Crippen molar-refractivity contribution in [1.82, 2.24) is 24.9 Å². The second kappa shape index (κ2) is 11.1. The molecule has 4 aromatic heterocycles. The smallest absolute Gasteiger partial charge is 0.164 e. The molecule has 0 atom stereocenters. The molecule has 0 N–H and O–H groups in total. The summed E-state index contributed by atoms with van der Waals surface area (Å²) in [5, 5.41) is 3.11. The molecule has 0 aliphatic carbocycles. The van der Waals surface area contributed by atoms with Crippen LogP contribution in [0.3, 0.4) is 0 Å². The molecule has 0 amide bonds. The van der Waals surface area contributed by atoms with Gasteiger partial charge in [0.25, 0.3) is 0 Å². The first kappa shape index (κ1) is 26.8. The predicted octanol–water partition coefficient (Wildman–Crippen LogP) is 10.0. The molecule has 0 aliphatic heterocycles. The number of furan rings is 1. The van der Waals surface area contributed by atoms with Gasteiger partial charge in [0.05, 0.1) is 11.4 Å². The van der Waals surface area contributed by atoms with E-state index in [0.29, 0.717) is 17.5 Å². The van der Waals surface area contributed by atoms with Crippen molar-refractivity contribution in [2.24, 2.45) is 0 Å². The molecule has 0 bridgehead atoms. The summed E-state index contributed by atoms with van der Waals surface area (Å²) in [7, 11) is 0. The number of hydrogen-bond acceptors (Lipinski definition) is 6. The van der Waals surface area contributed by atoms with Gasteiger partial charge in [-0.2, -0.15) is 0 Å². The van der Waals surface area contributed by atoms with E-state index in [9.17, 15) is 0 Å². The molecule has 0 unspecified atom stereocenters. The minimum atomic E-state index is 0.596. The molecular weight excluding hydrogens is 578 g/mol. The summed E-state index contributed by atoms with van der Waals surface area (Å²) >= 11 is 0. The standard InChI is InChI=1S/C41H25N5O/c1-3-12-26(13-4-1)39-44-40(27-14-5-2-6-15-27)46-41(45-39)29-18-11-17-28(24-29)36-31-19-8-7-16-30(31)25-42-38(36)33-22-23-35-37(43-33)32-20-9-10-21-34(32)47-35/h1-25H. The highest BCUT2D eigenvalue weighted by Gasteiger charge is 2.19. The lowest BCUT2D eigenvalue weighted by Crippen LogP contribution is -2.00. The Labute approximate surface area is 270 Å². The van der Waals surface area contributed by atoms with Gasteiger partial charge in [0.15, 0.2) is 23.1 Å². The van der Waals surface area contributed by atoms with E-state index in [-0.39, 0.29) is 0 Å². The van der Waals surface area contributed by atoms with Gasteiger partial charge in [0.1, 0.15) is 11.1 Å². The van der Waals surface area contributed by atoms with E-state index in [1.54, 1.807) is 0 Å². The number of para-hydroxylation sites is 1. The van der Waals surface area contributed by atoms with Crippen molar-refractivity contribution < 1.29 is 4.42 Å². The van der Waals surface area contributed by atoms with Crippen LogP contribution in [0.4, 0.5) is 0 Å². The normalized spacial score (nSPS) is 11.4. The van der Waals surface area contributed by atoms with Gasteiger partial charge in [-0.05, 0) is 41.3 Å². The van der Waals surface area contributed by atoms with Crippen LogP contribution >= 0.6 is 0 Å². The Morgan fingerprint density at radius 2 is 1.02 bits per heavy atom. The van der Waals surface area contributed by atoms with E-state index >= 15 is 0 Å². The van der Waals surface area contributed by atoms with E-state index in [0.717, 1.165) is 72.0 Å². The van der Waals surface area contributed by atoms with E-state index < -0.39 is 0 Å². The molecule has 9 aromatic rings. The molecule has 0 aliphatic rings. The fraction of sp³-hybridized carbons (Fsp3) is 0. The van der Waals surface area contributed by atoms with Gasteiger partial charge >= 0.3 is 0 Å². The minimum absolute atomic E-state index is 0.596. The molecule has 0 saturated heterocycles. The fourth-order valence-corrected chi connectivity index (χ4v) is 6.12. The van der Waals surface area contributed by atoms with E-state index in [1.165, 1.54) is 0 Å². The van der Waals surface area contributed by atoms with Crippen LogP contribution < -0.4 is 0 Å². The molecule has 6 nitrogen and oxygen atoms in total. The van der Waals surface area contributed by atoms with Crippen molar-refractivity contribution in [3.8, 4) is 56.7 Å². The maximum Gasteiger partial charge on any atom is 0.164 e. The Balaban J connectivity index is 1.24. The third kappa shape index (κ3) is 4.80. The summed E-state index contributed by atoms with van der Waals surface area (Å²) in [5.41, 5.74) is 8.66. The Kier molecular flexibility index (Phi) is 6.35. The quantitative estimate of drug-likeness (QED) is 0.195. The van der Waals surface area contributed by atoms with Crippen molar-refractivity contribution >= 4 is 32.8 Å². The molecule has 0 fully saturated rings. The van der Waals surface area contributed by atoms with Gasteiger partial charge in [0, 0.05) is 39.2 Å². The summed E-state index contributed by atoms with van der Waals surface area (Å²) in [4.78, 5) is 24.9. The first-order chi connectivity index (χ1) is 23.3. The van der Waals surface area contributed by atoms with Crippen LogP contribution in [0.15, 0.2) is 156 Å². The lowest BCUT2D eigenvalue weighted by molar-refractivity contribution is 0.668. The molecule has 4 heterocycles. The molecule has 0 radical (unpaired) electrons. The number of fused-ring (bicyclic) bond motifs is 4. The lowest BCUT2D eigenvalue weighted by Gasteiger charge is -2.14. The van der Waals surface area contributed by atoms with Crippen LogP contribution in [0.1, 0.15) is 0 Å². The Hall–Kier alpha value is -6.53. The first-order valence-electron chi connectivity index (χ1n) is 15.4. The lowest BCUT2D eigenvalue weighted by atomic mass is 9.94. The maximum absolute atomic E-state index is 6.07. The maximum atomic E-state index is 6.07. The predicted molar refractivity (Wildman–Crippen MR) is 187 cm³/mol. The number of rotatable bonds is 5. The van der Waals surface area contributed by atoms with Gasteiger partial charge in [-0.3, -0.25) is 4.98 Å². The van der Waals surface area contributed by atoms with Crippen molar-refractivity contribution in [2.45, 2.75) is 0 Å². The number of benzene rings is 5. The van der Waals surface area contributed by atoms with Crippen LogP contribution in [0.5, 0.6) is 0 Å². The van der Waals surface area contributed by atoms with Crippen LogP contribution in [0.2, 0.25) is 0 Å². The number of nitrogens with zero attached hydrogens (tertiary/aromatic N) is 5. The summed E-state index contributed by atoms with van der Waals surface area (Å²) in [6, 6.07) is 48.6. The number of aromatic nitrogens is 5. The molecule has 47 heavy (non-hydrogen) atoms. The number of pyridine rings is 2. The summed E-state index contributed by atoms with van der Waals surface area (Å²) in [6.45, 7) is 0. The van der Waals surface area contributed by atoms with Crippen molar-refractivity contribution in [3.05, 3.63) is 152 Å². The van der Waals surface area contributed by atoms with E-state index in [2.05, 4.69) is 30.3 Å². The highest BCUT2D eigenvalue weighted by Crippen LogP contribution is 2.39. The molecule has 220 valence electrons. The Morgan fingerprint density at radius 3 is 1.77 bits per heavy atom. The average molecular weight is 604 g/mol. The Morgan fingerprint density at radius 1 is 0.426 bits per heavy atom. The topological polar surface area (TPSA) is 77.6 Å². The van der Waals surface area contributed by atoms with Crippen LogP contribution in [-0.2, 0) is 0 Å². The van der Waals surface area contributed by atoms with E-state index in [4.69, 9.17) is 29.3 Å². The van der Waals surface area contributed by atoms with Gasteiger partial charge in [-0.1, -0.05) is 115 Å². The fourth-order valence-electron chi connectivity index (χ4n) is 6.12. The summed E-state index contributed by atoms with van der Waals surface area (Å²) in [5.74, 6) is 1.84. The third-order valence-electron chi connectivity index (χ3n) is 8.37. The van der Waals surface area contributed by atoms with Crippen molar-refractivity contribution in [2.75, 3.05) is 0 Å². The van der Waals surface area contributed by atoms with Crippen molar-refractivity contribution in [3.63, 3.8) is 0 Å². The van der Waals surface area contributed by atoms with E-state index in [1.807, 2.05) is 121 Å². The third-order valence-corrected chi connectivity index (χ3v) is 8.37. The molecule has 6 heteroatoms. The Bertz CT molecular complexity index is 2520. The first-order valence-corrected chi connectivity index (χ1v) is 15.4. The largest absolute Gasteiger partial charge is 0.454 e. The zero-order valence-electron chi connectivity index (χ0n) is 25.1. The average Bonchev–Trinajstić information content (AvgIpc) is 3.53. The monoisotopic (exact) mass is 603 g/mol. The molecule has 0 saturated carbocycles. The molecule has 9 rings (SSSR count). The SMILES string of the molecule is c1ccc(-c2nc(-c3ccccc3)nc(-c3cccc(-c4c(-c5ccc6oc7ccccc7c6n5)ncc5ccccc45)c3)n2)cc1. The van der Waals surface area contributed by atoms with Crippen molar-refractivity contribution in [1.29, 1.82) is 0 Å². The van der Waals surface area contributed by atoms with Gasteiger partial charge in [-0.25, -0.2) is 19.9 Å². The van der Waals surface area contributed by atoms with Crippen LogP contribution in [0.25, 0.3) is 89.5 Å². The second-order valence-electron chi connectivity index (χ2n) is 11.3. The number of hydrogen-bond donors (Lipinski definition) is 0. The van der Waals surface area contributed by atoms with Gasteiger partial charge in [0.2, 0.25) is 0 Å². The highest BCUT2D eigenvalue weighted by atomic mass is 16.3.